The molecule has 1 amide bonds. The highest BCUT2D eigenvalue weighted by molar-refractivity contribution is 7.13. The summed E-state index contributed by atoms with van der Waals surface area (Å²) in [4.78, 5) is 20.9. The monoisotopic (exact) mass is 367 g/mol. The molecule has 0 aliphatic rings. The van der Waals surface area contributed by atoms with Gasteiger partial charge in [-0.25, -0.2) is 4.98 Å². The second kappa shape index (κ2) is 8.10. The summed E-state index contributed by atoms with van der Waals surface area (Å²) in [5.41, 5.74) is 4.98. The summed E-state index contributed by atoms with van der Waals surface area (Å²) in [5.74, 6) is 0.583. The standard InChI is InChI=1S/C20H21N3O2S/c1-13-8-14(2)15(3)18(9-13)25-11-19(24)22-10-16-12-26-20(23-16)17-6-4-5-7-21-17/h4-9,12H,10-11H2,1-3H3,(H,22,24). The quantitative estimate of drug-likeness (QED) is 0.719. The maximum atomic E-state index is 12.1. The molecule has 0 unspecified atom stereocenters. The van der Waals surface area contributed by atoms with Gasteiger partial charge in [-0.2, -0.15) is 0 Å². The Morgan fingerprint density at radius 1 is 1.23 bits per heavy atom. The van der Waals surface area contributed by atoms with Crippen LogP contribution in [0.1, 0.15) is 22.4 Å². The summed E-state index contributed by atoms with van der Waals surface area (Å²) >= 11 is 1.51. The summed E-state index contributed by atoms with van der Waals surface area (Å²) in [7, 11) is 0. The topological polar surface area (TPSA) is 64.1 Å². The molecule has 0 aliphatic heterocycles. The zero-order chi connectivity index (χ0) is 18.5. The molecule has 0 atom stereocenters. The van der Waals surface area contributed by atoms with E-state index in [1.807, 2.05) is 50.4 Å². The third kappa shape index (κ3) is 4.46. The zero-order valence-corrected chi connectivity index (χ0v) is 15.9. The Bertz CT molecular complexity index is 907. The number of hydrogen-bond donors (Lipinski definition) is 1. The van der Waals surface area contributed by atoms with E-state index in [0.717, 1.165) is 38.8 Å². The van der Waals surface area contributed by atoms with Crippen molar-refractivity contribution in [1.29, 1.82) is 0 Å². The van der Waals surface area contributed by atoms with E-state index in [1.165, 1.54) is 11.3 Å². The third-order valence-corrected chi connectivity index (χ3v) is 4.94. The lowest BCUT2D eigenvalue weighted by molar-refractivity contribution is -0.123. The summed E-state index contributed by atoms with van der Waals surface area (Å²) in [6.07, 6.45) is 1.74. The molecule has 0 bridgehead atoms. The van der Waals surface area contributed by atoms with Crippen molar-refractivity contribution < 1.29 is 9.53 Å². The maximum absolute atomic E-state index is 12.1. The van der Waals surface area contributed by atoms with E-state index in [0.29, 0.717) is 6.54 Å². The predicted octanol–water partition coefficient (Wildman–Crippen LogP) is 3.83. The lowest BCUT2D eigenvalue weighted by Crippen LogP contribution is -2.28. The lowest BCUT2D eigenvalue weighted by atomic mass is 10.1. The number of amides is 1. The van der Waals surface area contributed by atoms with Gasteiger partial charge in [-0.1, -0.05) is 12.1 Å². The van der Waals surface area contributed by atoms with Crippen LogP contribution >= 0.6 is 11.3 Å². The van der Waals surface area contributed by atoms with Crippen LogP contribution in [0.4, 0.5) is 0 Å². The van der Waals surface area contributed by atoms with E-state index in [1.54, 1.807) is 6.20 Å². The number of hydrogen-bond acceptors (Lipinski definition) is 5. The molecule has 3 rings (SSSR count). The minimum Gasteiger partial charge on any atom is -0.483 e. The molecule has 0 saturated heterocycles. The second-order valence-corrected chi connectivity index (χ2v) is 6.99. The number of aryl methyl sites for hydroxylation is 2. The number of aromatic nitrogens is 2. The molecule has 6 heteroatoms. The van der Waals surface area contributed by atoms with Gasteiger partial charge in [0.2, 0.25) is 0 Å². The first-order valence-corrected chi connectivity index (χ1v) is 9.24. The van der Waals surface area contributed by atoms with Crippen molar-refractivity contribution in [2.75, 3.05) is 6.61 Å². The molecule has 1 N–H and O–H groups in total. The Morgan fingerprint density at radius 2 is 2.08 bits per heavy atom. The first-order chi connectivity index (χ1) is 12.5. The number of nitrogens with zero attached hydrogens (tertiary/aromatic N) is 2. The van der Waals surface area contributed by atoms with Gasteiger partial charge in [-0.3, -0.25) is 9.78 Å². The van der Waals surface area contributed by atoms with Gasteiger partial charge < -0.3 is 10.1 Å². The first kappa shape index (κ1) is 18.1. The van der Waals surface area contributed by atoms with E-state index in [4.69, 9.17) is 4.74 Å². The molecular formula is C20H21N3O2S. The van der Waals surface area contributed by atoms with E-state index in [2.05, 4.69) is 21.4 Å². The van der Waals surface area contributed by atoms with Crippen LogP contribution < -0.4 is 10.1 Å². The Morgan fingerprint density at radius 3 is 2.85 bits per heavy atom. The van der Waals surface area contributed by atoms with E-state index >= 15 is 0 Å². The molecule has 26 heavy (non-hydrogen) atoms. The van der Waals surface area contributed by atoms with Gasteiger partial charge >= 0.3 is 0 Å². The van der Waals surface area contributed by atoms with Crippen LogP contribution in [-0.2, 0) is 11.3 Å². The van der Waals surface area contributed by atoms with Crippen molar-refractivity contribution in [3.8, 4) is 16.5 Å². The number of pyridine rings is 1. The highest BCUT2D eigenvalue weighted by Gasteiger charge is 2.09. The van der Waals surface area contributed by atoms with Crippen molar-refractivity contribution in [2.45, 2.75) is 27.3 Å². The Balaban J connectivity index is 1.53. The minimum absolute atomic E-state index is 0.0129. The normalized spacial score (nSPS) is 10.6. The van der Waals surface area contributed by atoms with Crippen LogP contribution in [0, 0.1) is 20.8 Å². The van der Waals surface area contributed by atoms with Crippen LogP contribution in [0.25, 0.3) is 10.7 Å². The number of carbonyl (C=O) groups excluding carboxylic acids is 1. The molecule has 2 heterocycles. The molecule has 0 spiro atoms. The molecule has 1 aromatic carbocycles. The molecule has 0 radical (unpaired) electrons. The van der Waals surface area contributed by atoms with E-state index < -0.39 is 0 Å². The van der Waals surface area contributed by atoms with Crippen molar-refractivity contribution in [2.24, 2.45) is 0 Å². The fourth-order valence-corrected chi connectivity index (χ4v) is 3.32. The summed E-state index contributed by atoms with van der Waals surface area (Å²) < 4.78 is 5.68. The van der Waals surface area contributed by atoms with Gasteiger partial charge in [-0.05, 0) is 55.7 Å². The summed E-state index contributed by atoms with van der Waals surface area (Å²) in [5, 5.41) is 5.62. The lowest BCUT2D eigenvalue weighted by Gasteiger charge is -2.12. The average molecular weight is 367 g/mol. The van der Waals surface area contributed by atoms with Crippen molar-refractivity contribution in [1.82, 2.24) is 15.3 Å². The number of benzene rings is 1. The highest BCUT2D eigenvalue weighted by Crippen LogP contribution is 2.23. The fraction of sp³-hybridized carbons (Fsp3) is 0.250. The fourth-order valence-electron chi connectivity index (χ4n) is 2.53. The molecule has 0 saturated carbocycles. The number of thiazole rings is 1. The highest BCUT2D eigenvalue weighted by atomic mass is 32.1. The predicted molar refractivity (Wildman–Crippen MR) is 103 cm³/mol. The summed E-state index contributed by atoms with van der Waals surface area (Å²) in [6.45, 7) is 6.41. The van der Waals surface area contributed by atoms with Crippen LogP contribution in [-0.4, -0.2) is 22.5 Å². The average Bonchev–Trinajstić information content (AvgIpc) is 3.11. The molecule has 0 aliphatic carbocycles. The molecule has 134 valence electrons. The summed E-state index contributed by atoms with van der Waals surface area (Å²) in [6, 6.07) is 9.77. The third-order valence-electron chi connectivity index (χ3n) is 4.03. The van der Waals surface area contributed by atoms with Crippen molar-refractivity contribution in [3.63, 3.8) is 0 Å². The van der Waals surface area contributed by atoms with Gasteiger partial charge in [0.15, 0.2) is 6.61 Å². The number of nitrogens with one attached hydrogen (secondary N) is 1. The SMILES string of the molecule is Cc1cc(C)c(C)c(OCC(=O)NCc2csc(-c3ccccn3)n2)c1. The number of ether oxygens (including phenoxy) is 1. The molecular weight excluding hydrogens is 346 g/mol. The van der Waals surface area contributed by atoms with Gasteiger partial charge in [0.1, 0.15) is 10.8 Å². The second-order valence-electron chi connectivity index (χ2n) is 6.13. The minimum atomic E-state index is -0.170. The van der Waals surface area contributed by atoms with Gasteiger partial charge in [0, 0.05) is 11.6 Å². The van der Waals surface area contributed by atoms with Gasteiger partial charge in [0.25, 0.3) is 5.91 Å². The Hall–Kier alpha value is -2.73. The van der Waals surface area contributed by atoms with Gasteiger partial charge in [0.05, 0.1) is 17.9 Å². The van der Waals surface area contributed by atoms with E-state index in [9.17, 15) is 4.79 Å². The largest absolute Gasteiger partial charge is 0.483 e. The van der Waals surface area contributed by atoms with Crippen LogP contribution in [0.3, 0.4) is 0 Å². The Labute approximate surface area is 157 Å². The van der Waals surface area contributed by atoms with E-state index in [-0.39, 0.29) is 12.5 Å². The van der Waals surface area contributed by atoms with Crippen LogP contribution in [0.2, 0.25) is 0 Å². The zero-order valence-electron chi connectivity index (χ0n) is 15.1. The number of carbonyl (C=O) groups is 1. The maximum Gasteiger partial charge on any atom is 0.258 e. The molecule has 0 fully saturated rings. The van der Waals surface area contributed by atoms with Crippen molar-refractivity contribution >= 4 is 17.2 Å². The molecule has 2 aromatic heterocycles. The molecule has 5 nitrogen and oxygen atoms in total. The molecule has 3 aromatic rings. The van der Waals surface area contributed by atoms with Crippen LogP contribution in [0.15, 0.2) is 41.9 Å². The Kier molecular flexibility index (Phi) is 5.63. The smallest absolute Gasteiger partial charge is 0.258 e. The van der Waals surface area contributed by atoms with Crippen molar-refractivity contribution in [3.05, 3.63) is 64.3 Å². The van der Waals surface area contributed by atoms with Crippen LogP contribution in [0.5, 0.6) is 5.75 Å². The van der Waals surface area contributed by atoms with Gasteiger partial charge in [-0.15, -0.1) is 11.3 Å². The number of rotatable bonds is 6. The first-order valence-electron chi connectivity index (χ1n) is 8.36.